The first kappa shape index (κ1) is 47.6. The summed E-state index contributed by atoms with van der Waals surface area (Å²) in [5, 5.41) is 24.7. The van der Waals surface area contributed by atoms with Gasteiger partial charge in [0.15, 0.2) is 5.96 Å². The zero-order chi connectivity index (χ0) is 46.2. The monoisotopic (exact) mass is 873 g/mol. The van der Waals surface area contributed by atoms with E-state index in [0.29, 0.717) is 5.56 Å². The number of allylic oxidation sites excluding steroid dienone is 2. The summed E-state index contributed by atoms with van der Waals surface area (Å²) in [5.41, 5.74) is 22.2. The molecule has 0 saturated carbocycles. The number of hydrogen-bond acceptors (Lipinski definition) is 9. The van der Waals surface area contributed by atoms with Crippen molar-refractivity contribution in [3.05, 3.63) is 120 Å². The summed E-state index contributed by atoms with van der Waals surface area (Å²) in [6.45, 7) is 5.10. The van der Waals surface area contributed by atoms with Gasteiger partial charge in [0.1, 0.15) is 36.3 Å². The van der Waals surface area contributed by atoms with Gasteiger partial charge in [0.2, 0.25) is 29.5 Å². The Bertz CT molecular complexity index is 2360. The molecule has 5 amide bonds. The first-order valence-electron chi connectivity index (χ1n) is 21.2. The Labute approximate surface area is 372 Å². The molecule has 4 aromatic rings. The number of carbonyl (C=O) groups excluding carboxylic acids is 5. The van der Waals surface area contributed by atoms with Crippen LogP contribution < -0.4 is 43.6 Å². The van der Waals surface area contributed by atoms with Gasteiger partial charge in [-0.15, -0.1) is 0 Å². The lowest BCUT2D eigenvalue weighted by Gasteiger charge is -2.26. The van der Waals surface area contributed by atoms with Crippen molar-refractivity contribution in [1.29, 1.82) is 0 Å². The topological polar surface area (TPSA) is 284 Å². The van der Waals surface area contributed by atoms with E-state index in [9.17, 15) is 29.1 Å². The predicted octanol–water partition coefficient (Wildman–Crippen LogP) is 2.05. The zero-order valence-corrected chi connectivity index (χ0v) is 36.2. The number of aliphatic imine (C=N–C) groups is 2. The molecule has 3 aromatic carbocycles. The van der Waals surface area contributed by atoms with E-state index in [1.165, 1.54) is 6.92 Å². The van der Waals surface area contributed by atoms with Crippen LogP contribution in [-0.4, -0.2) is 89.9 Å². The number of aromatic amines is 1. The number of H-pyrrole nitrogens is 1. The molecule has 1 heterocycles. The number of hydrogen-bond donors (Lipinski definition) is 8. The largest absolute Gasteiger partial charge is 0.599 e. The predicted molar refractivity (Wildman–Crippen MR) is 244 cm³/mol. The Morgan fingerprint density at radius 3 is 2.02 bits per heavy atom. The van der Waals surface area contributed by atoms with Gasteiger partial charge in [0.05, 0.1) is 0 Å². The van der Waals surface area contributed by atoms with E-state index in [4.69, 9.17) is 21.9 Å². The van der Waals surface area contributed by atoms with Crippen molar-refractivity contribution in [3.8, 4) is 11.1 Å². The van der Waals surface area contributed by atoms with Crippen LogP contribution in [0.15, 0.2) is 113 Å². The molecule has 0 spiro atoms. The molecule has 0 aliphatic heterocycles. The van der Waals surface area contributed by atoms with E-state index >= 15 is 0 Å². The number of nitrogens with one attached hydrogen (secondary N) is 5. The van der Waals surface area contributed by atoms with Gasteiger partial charge in [0, 0.05) is 42.6 Å². The van der Waals surface area contributed by atoms with E-state index in [1.54, 1.807) is 44.3 Å². The Morgan fingerprint density at radius 2 is 1.36 bits per heavy atom. The summed E-state index contributed by atoms with van der Waals surface area (Å²) in [6, 6.07) is 17.3. The van der Waals surface area contributed by atoms with Crippen molar-refractivity contribution in [2.75, 3.05) is 13.2 Å². The van der Waals surface area contributed by atoms with E-state index in [0.717, 1.165) is 33.2 Å². The van der Waals surface area contributed by atoms with Crippen LogP contribution in [0.5, 0.6) is 0 Å². The maximum Gasteiger partial charge on any atom is 0.245 e. The van der Waals surface area contributed by atoms with Crippen LogP contribution in [-0.2, 0) is 35.1 Å². The molecule has 17 nitrogen and oxygen atoms in total. The molecule has 11 N–H and O–H groups in total. The summed E-state index contributed by atoms with van der Waals surface area (Å²) >= 11 is 0. The quantitative estimate of drug-likeness (QED) is 0.0248. The molecule has 0 radical (unpaired) electrons. The Hall–Kier alpha value is -7.43. The van der Waals surface area contributed by atoms with Crippen LogP contribution >= 0.6 is 0 Å². The first-order chi connectivity index (χ1) is 30.8. The standard InChI is InChI=1S/C47H58N10O7/c1-4-6-20-37(41(48)58)54-44(61)38(23-14-24-51-46(49)50)55-45(62)40(25-29-26-52-36-22-13-12-15-30(29)36)56-42(59)28(3)53-43(60)39(21-7-5-2)57-47(63)64-27-35-33-18-10-8-16-31(33)32-17-9-11-19-34(32)35/h4-13,15-19,22,26,28,35,37-40,52H,14,20-21,23-25,27H2,1-3H3,(H2,48,58)(H,53,60)(H,54,61)(H,55,62)(H,56,59)(H,57,63)(H4,49,50,51)/p-1/b6-4+,7-5+/t28-,37-,38-,39-,40-/m0/s1. The van der Waals surface area contributed by atoms with Gasteiger partial charge < -0.3 is 53.3 Å². The summed E-state index contributed by atoms with van der Waals surface area (Å²) < 4.78 is 5.64. The third-order valence-electron chi connectivity index (χ3n) is 10.8. The van der Waals surface area contributed by atoms with Crippen molar-refractivity contribution in [2.24, 2.45) is 27.2 Å². The highest BCUT2D eigenvalue weighted by Crippen LogP contribution is 2.44. The van der Waals surface area contributed by atoms with Gasteiger partial charge in [0.25, 0.3) is 0 Å². The number of primary amides is 1. The lowest BCUT2D eigenvalue weighted by Crippen LogP contribution is -2.58. The minimum Gasteiger partial charge on any atom is -0.599 e. The maximum absolute atomic E-state index is 14.2. The van der Waals surface area contributed by atoms with Gasteiger partial charge >= 0.3 is 0 Å². The van der Waals surface area contributed by atoms with Crippen LogP contribution in [0.2, 0.25) is 0 Å². The number of nitrogens with two attached hydrogens (primary N) is 3. The molecular weight excluding hydrogens is 817 g/mol. The minimum absolute atomic E-state index is 0.00766. The highest BCUT2D eigenvalue weighted by atomic mass is 16.6. The zero-order valence-electron chi connectivity index (χ0n) is 36.2. The molecule has 0 unspecified atom stereocenters. The highest BCUT2D eigenvalue weighted by molar-refractivity contribution is 5.96. The fourth-order valence-electron chi connectivity index (χ4n) is 7.48. The smallest absolute Gasteiger partial charge is 0.245 e. The molecule has 0 bridgehead atoms. The molecule has 338 valence electrons. The molecule has 1 aromatic heterocycles. The summed E-state index contributed by atoms with van der Waals surface area (Å²) in [6.07, 6.45) is 8.04. The van der Waals surface area contributed by atoms with Crippen LogP contribution in [0.1, 0.15) is 69.1 Å². The Kier molecular flexibility index (Phi) is 17.2. The molecule has 0 saturated heterocycles. The van der Waals surface area contributed by atoms with Gasteiger partial charge in [-0.3, -0.25) is 34.0 Å². The second kappa shape index (κ2) is 23.1. The molecule has 5 atom stereocenters. The maximum atomic E-state index is 14.2. The van der Waals surface area contributed by atoms with E-state index in [-0.39, 0.29) is 57.1 Å². The second-order valence-corrected chi connectivity index (χ2v) is 15.4. The lowest BCUT2D eigenvalue weighted by molar-refractivity contribution is -0.251. The lowest BCUT2D eigenvalue weighted by atomic mass is 9.98. The second-order valence-electron chi connectivity index (χ2n) is 15.4. The number of aromatic nitrogens is 1. The summed E-state index contributed by atoms with van der Waals surface area (Å²) in [4.78, 5) is 78.9. The van der Waals surface area contributed by atoms with Crippen molar-refractivity contribution in [3.63, 3.8) is 0 Å². The molecule has 64 heavy (non-hydrogen) atoms. The van der Waals surface area contributed by atoms with Gasteiger partial charge in [-0.1, -0.05) is 91.0 Å². The average Bonchev–Trinajstić information content (AvgIpc) is 3.84. The van der Waals surface area contributed by atoms with Crippen molar-refractivity contribution in [2.45, 2.75) is 89.0 Å². The first-order valence-corrected chi connectivity index (χ1v) is 21.2. The third-order valence-corrected chi connectivity index (χ3v) is 10.8. The number of ether oxygens (including phenoxy) is 1. The Morgan fingerprint density at radius 1 is 0.766 bits per heavy atom. The van der Waals surface area contributed by atoms with E-state index < -0.39 is 65.8 Å². The summed E-state index contributed by atoms with van der Waals surface area (Å²) in [7, 11) is 0. The molecule has 5 rings (SSSR count). The SMILES string of the molecule is C/C=C/C[C@H](N=C([O-])OCC1c2ccccc2-c2ccccc21)C(=O)N[C@@H](C)C(=O)N[C@@H](Cc1c[nH]c2ccccc12)C(=O)N[C@@H](CCCN=C(N)N)C(=O)N[C@@H](C/C=C/C)C(N)=O. The average molecular weight is 874 g/mol. The van der Waals surface area contributed by atoms with Crippen LogP contribution in [0.25, 0.3) is 22.0 Å². The fraction of sp³-hybridized carbons (Fsp3) is 0.340. The number of rotatable bonds is 22. The van der Waals surface area contributed by atoms with Gasteiger partial charge in [-0.05, 0) is 80.3 Å². The molecule has 1 aliphatic carbocycles. The number of fused-ring (bicyclic) bond motifs is 4. The van der Waals surface area contributed by atoms with Gasteiger partial charge in [-0.2, -0.15) is 0 Å². The van der Waals surface area contributed by atoms with Crippen molar-refractivity contribution in [1.82, 2.24) is 26.3 Å². The molecule has 0 fully saturated rings. The normalized spacial score (nSPS) is 14.8. The molecule has 1 aliphatic rings. The van der Waals surface area contributed by atoms with Crippen LogP contribution in [0, 0.1) is 0 Å². The van der Waals surface area contributed by atoms with Crippen LogP contribution in [0.3, 0.4) is 0 Å². The number of nitrogens with zero attached hydrogens (tertiary/aromatic N) is 2. The van der Waals surface area contributed by atoms with Crippen molar-refractivity contribution >= 4 is 52.5 Å². The number of amides is 5. The molecule has 17 heteroatoms. The number of para-hydroxylation sites is 1. The fourth-order valence-corrected chi connectivity index (χ4v) is 7.48. The van der Waals surface area contributed by atoms with E-state index in [2.05, 4.69) is 36.2 Å². The summed E-state index contributed by atoms with van der Waals surface area (Å²) in [5.74, 6) is -3.98. The Balaban J connectivity index is 1.31. The number of benzene rings is 3. The van der Waals surface area contributed by atoms with Gasteiger partial charge in [-0.25, -0.2) is 0 Å². The van der Waals surface area contributed by atoms with E-state index in [1.807, 2.05) is 72.8 Å². The number of carbonyl (C=O) groups is 5. The van der Waals surface area contributed by atoms with Crippen molar-refractivity contribution < 1.29 is 33.8 Å². The minimum atomic E-state index is -1.27. The van der Waals surface area contributed by atoms with Crippen LogP contribution in [0.4, 0.5) is 0 Å². The highest BCUT2D eigenvalue weighted by Gasteiger charge is 2.32. The number of guanidine groups is 1. The third kappa shape index (κ3) is 12.8. The molecular formula is C47H57N10O7-.